The van der Waals surface area contributed by atoms with E-state index in [2.05, 4.69) is 30.6 Å². The number of nitrogens with two attached hydrogens (primary N) is 1. The summed E-state index contributed by atoms with van der Waals surface area (Å²) in [5.41, 5.74) is 6.66. The largest absolute Gasteiger partial charge is 0.327 e. The summed E-state index contributed by atoms with van der Waals surface area (Å²) >= 11 is 0. The highest BCUT2D eigenvalue weighted by Crippen LogP contribution is 2.37. The highest BCUT2D eigenvalue weighted by Gasteiger charge is 2.38. The van der Waals surface area contributed by atoms with Crippen LogP contribution in [0.4, 0.5) is 0 Å². The van der Waals surface area contributed by atoms with Crippen LogP contribution in [0.25, 0.3) is 0 Å². The molecule has 0 amide bonds. The van der Waals surface area contributed by atoms with Crippen LogP contribution in [0.5, 0.6) is 0 Å². The first kappa shape index (κ1) is 14.3. The van der Waals surface area contributed by atoms with E-state index in [0.717, 1.165) is 5.92 Å². The molecule has 2 aliphatic rings. The third-order valence-electron chi connectivity index (χ3n) is 4.83. The van der Waals surface area contributed by atoms with Crippen molar-refractivity contribution >= 4 is 0 Å². The van der Waals surface area contributed by atoms with Gasteiger partial charge in [-0.3, -0.25) is 0 Å². The van der Waals surface area contributed by atoms with E-state index in [4.69, 9.17) is 5.73 Å². The van der Waals surface area contributed by atoms with Crippen molar-refractivity contribution in [2.75, 3.05) is 39.3 Å². The van der Waals surface area contributed by atoms with Crippen LogP contribution in [0.1, 0.15) is 40.0 Å². The fraction of sp³-hybridized carbons (Fsp3) is 1.00. The second-order valence-corrected chi connectivity index (χ2v) is 7.12. The Hall–Kier alpha value is -0.120. The average molecular weight is 253 g/mol. The third kappa shape index (κ3) is 3.46. The van der Waals surface area contributed by atoms with Crippen LogP contribution in [0.3, 0.4) is 0 Å². The zero-order chi connectivity index (χ0) is 13.2. The highest BCUT2D eigenvalue weighted by atomic mass is 15.3. The summed E-state index contributed by atoms with van der Waals surface area (Å²) in [6.07, 6.45) is 3.87. The van der Waals surface area contributed by atoms with Crippen LogP contribution in [0, 0.1) is 11.3 Å². The van der Waals surface area contributed by atoms with Crippen molar-refractivity contribution in [3.8, 4) is 0 Å². The van der Waals surface area contributed by atoms with E-state index in [1.54, 1.807) is 0 Å². The van der Waals surface area contributed by atoms with Crippen molar-refractivity contribution in [2.45, 2.75) is 46.1 Å². The molecule has 106 valence electrons. The molecule has 2 unspecified atom stereocenters. The van der Waals surface area contributed by atoms with Gasteiger partial charge in [0.1, 0.15) is 0 Å². The minimum atomic E-state index is 0.375. The summed E-state index contributed by atoms with van der Waals surface area (Å²) in [6, 6.07) is 0.422. The zero-order valence-electron chi connectivity index (χ0n) is 12.5. The van der Waals surface area contributed by atoms with Crippen LogP contribution >= 0.6 is 0 Å². The number of hydrogen-bond acceptors (Lipinski definition) is 3. The molecule has 3 nitrogen and oxygen atoms in total. The van der Waals surface area contributed by atoms with Gasteiger partial charge in [-0.15, -0.1) is 0 Å². The predicted octanol–water partition coefficient (Wildman–Crippen LogP) is 1.78. The molecule has 3 heteroatoms. The van der Waals surface area contributed by atoms with Gasteiger partial charge in [0.2, 0.25) is 0 Å². The lowest BCUT2D eigenvalue weighted by Gasteiger charge is -2.40. The van der Waals surface area contributed by atoms with E-state index >= 15 is 0 Å². The Morgan fingerprint density at radius 2 is 1.78 bits per heavy atom. The van der Waals surface area contributed by atoms with Crippen molar-refractivity contribution in [1.29, 1.82) is 0 Å². The maximum atomic E-state index is 6.29. The first-order chi connectivity index (χ1) is 8.49. The lowest BCUT2D eigenvalue weighted by molar-refractivity contribution is 0.0813. The summed E-state index contributed by atoms with van der Waals surface area (Å²) in [7, 11) is 0. The molecule has 2 N–H and O–H groups in total. The molecule has 2 atom stereocenters. The minimum absolute atomic E-state index is 0.375. The predicted molar refractivity (Wildman–Crippen MR) is 77.7 cm³/mol. The number of rotatable bonds is 4. The fourth-order valence-corrected chi connectivity index (χ4v) is 3.61. The smallest absolute Gasteiger partial charge is 0.0110 e. The maximum Gasteiger partial charge on any atom is 0.0110 e. The second kappa shape index (κ2) is 5.89. The lowest BCUT2D eigenvalue weighted by Crippen LogP contribution is -2.52. The Labute approximate surface area is 113 Å². The number of nitrogens with zero attached hydrogens (tertiary/aromatic N) is 2. The van der Waals surface area contributed by atoms with Crippen molar-refractivity contribution < 1.29 is 0 Å². The standard InChI is InChI=1S/C15H31N3/c1-13(2)11-17-7-9-18(10-8-17)12-15(3)6-4-5-14(15)16/h13-14H,4-12,16H2,1-3H3. The summed E-state index contributed by atoms with van der Waals surface area (Å²) in [4.78, 5) is 5.25. The van der Waals surface area contributed by atoms with Crippen LogP contribution in [-0.2, 0) is 0 Å². The SMILES string of the molecule is CC(C)CN1CCN(CC2(C)CCCC2N)CC1. The molecule has 1 aliphatic heterocycles. The van der Waals surface area contributed by atoms with Crippen molar-refractivity contribution in [3.05, 3.63) is 0 Å². The van der Waals surface area contributed by atoms with Crippen LogP contribution in [0.15, 0.2) is 0 Å². The Bertz CT molecular complexity index is 258. The Morgan fingerprint density at radius 1 is 1.17 bits per heavy atom. The van der Waals surface area contributed by atoms with E-state index in [9.17, 15) is 0 Å². The highest BCUT2D eigenvalue weighted by molar-refractivity contribution is 4.94. The van der Waals surface area contributed by atoms with Gasteiger partial charge < -0.3 is 15.5 Å². The normalized spacial score (nSPS) is 35.5. The van der Waals surface area contributed by atoms with Gasteiger partial charge in [0.15, 0.2) is 0 Å². The molecule has 1 heterocycles. The molecule has 2 fully saturated rings. The van der Waals surface area contributed by atoms with Gasteiger partial charge in [0.05, 0.1) is 0 Å². The van der Waals surface area contributed by atoms with Gasteiger partial charge in [-0.2, -0.15) is 0 Å². The Kier molecular flexibility index (Phi) is 4.68. The molecule has 0 bridgehead atoms. The molecular weight excluding hydrogens is 222 g/mol. The summed E-state index contributed by atoms with van der Waals surface area (Å²) in [5, 5.41) is 0. The minimum Gasteiger partial charge on any atom is -0.327 e. The van der Waals surface area contributed by atoms with Gasteiger partial charge in [0, 0.05) is 45.3 Å². The van der Waals surface area contributed by atoms with Gasteiger partial charge in [-0.1, -0.05) is 27.2 Å². The number of hydrogen-bond donors (Lipinski definition) is 1. The van der Waals surface area contributed by atoms with Crippen molar-refractivity contribution in [2.24, 2.45) is 17.1 Å². The van der Waals surface area contributed by atoms with Crippen LogP contribution < -0.4 is 5.73 Å². The lowest BCUT2D eigenvalue weighted by atomic mass is 9.84. The molecule has 0 aromatic rings. The summed E-state index contributed by atoms with van der Waals surface area (Å²) in [5.74, 6) is 0.789. The molecule has 2 rings (SSSR count). The van der Waals surface area contributed by atoms with Crippen molar-refractivity contribution in [1.82, 2.24) is 9.80 Å². The monoisotopic (exact) mass is 253 g/mol. The van der Waals surface area contributed by atoms with E-state index in [0.29, 0.717) is 11.5 Å². The summed E-state index contributed by atoms with van der Waals surface area (Å²) in [6.45, 7) is 14.4. The van der Waals surface area contributed by atoms with E-state index in [1.807, 2.05) is 0 Å². The van der Waals surface area contributed by atoms with Gasteiger partial charge in [-0.25, -0.2) is 0 Å². The topological polar surface area (TPSA) is 32.5 Å². The van der Waals surface area contributed by atoms with E-state index in [-0.39, 0.29) is 0 Å². The molecule has 0 aromatic heterocycles. The first-order valence-electron chi connectivity index (χ1n) is 7.70. The average Bonchev–Trinajstić information content (AvgIpc) is 2.61. The molecule has 1 saturated heterocycles. The van der Waals surface area contributed by atoms with E-state index < -0.39 is 0 Å². The zero-order valence-corrected chi connectivity index (χ0v) is 12.5. The first-order valence-corrected chi connectivity index (χ1v) is 7.70. The molecule has 0 spiro atoms. The Balaban J connectivity index is 1.76. The molecular formula is C15H31N3. The van der Waals surface area contributed by atoms with Crippen LogP contribution in [-0.4, -0.2) is 55.1 Å². The molecule has 18 heavy (non-hydrogen) atoms. The summed E-state index contributed by atoms with van der Waals surface area (Å²) < 4.78 is 0. The molecule has 0 radical (unpaired) electrons. The molecule has 1 saturated carbocycles. The Morgan fingerprint density at radius 3 is 2.28 bits per heavy atom. The second-order valence-electron chi connectivity index (χ2n) is 7.12. The van der Waals surface area contributed by atoms with Gasteiger partial charge in [-0.05, 0) is 24.2 Å². The number of piperazine rings is 1. The molecule has 0 aromatic carbocycles. The maximum absolute atomic E-state index is 6.29. The fourth-order valence-electron chi connectivity index (χ4n) is 3.61. The van der Waals surface area contributed by atoms with Gasteiger partial charge in [0.25, 0.3) is 0 Å². The third-order valence-corrected chi connectivity index (χ3v) is 4.83. The van der Waals surface area contributed by atoms with Gasteiger partial charge >= 0.3 is 0 Å². The van der Waals surface area contributed by atoms with E-state index in [1.165, 1.54) is 58.5 Å². The quantitative estimate of drug-likeness (QED) is 0.829. The van der Waals surface area contributed by atoms with Crippen LogP contribution in [0.2, 0.25) is 0 Å². The van der Waals surface area contributed by atoms with Crippen molar-refractivity contribution in [3.63, 3.8) is 0 Å². The molecule has 1 aliphatic carbocycles.